The number of nitrogens with two attached hydrogens (primary N) is 1. The van der Waals surface area contributed by atoms with Crippen LogP contribution in [0.3, 0.4) is 0 Å². The Morgan fingerprint density at radius 1 is 1.22 bits per heavy atom. The van der Waals surface area contributed by atoms with Gasteiger partial charge in [-0.2, -0.15) is 0 Å². The van der Waals surface area contributed by atoms with Crippen LogP contribution >= 0.6 is 0 Å². The van der Waals surface area contributed by atoms with E-state index in [2.05, 4.69) is 18.7 Å². The number of rotatable bonds is 9. The number of morpholine rings is 1. The Balaban J connectivity index is 2.29. The molecule has 1 aliphatic heterocycles. The molecule has 0 radical (unpaired) electrons. The van der Waals surface area contributed by atoms with Gasteiger partial charge in [0.2, 0.25) is 0 Å². The lowest BCUT2D eigenvalue weighted by molar-refractivity contribution is -0.0302. The minimum absolute atomic E-state index is 0.570. The van der Waals surface area contributed by atoms with Gasteiger partial charge in [0.15, 0.2) is 0 Å². The fraction of sp³-hybridized carbons (Fsp3) is 1.00. The highest BCUT2D eigenvalue weighted by Crippen LogP contribution is 2.18. The van der Waals surface area contributed by atoms with Crippen molar-refractivity contribution in [3.05, 3.63) is 0 Å². The van der Waals surface area contributed by atoms with Gasteiger partial charge in [0.05, 0.1) is 13.2 Å². The van der Waals surface area contributed by atoms with Crippen LogP contribution in [-0.2, 0) is 4.74 Å². The lowest BCUT2D eigenvalue weighted by atomic mass is 10.0. The van der Waals surface area contributed by atoms with E-state index in [0.29, 0.717) is 12.1 Å². The van der Waals surface area contributed by atoms with Gasteiger partial charge in [0.25, 0.3) is 0 Å². The predicted molar refractivity (Wildman–Crippen MR) is 77.8 cm³/mol. The van der Waals surface area contributed by atoms with Gasteiger partial charge >= 0.3 is 0 Å². The van der Waals surface area contributed by atoms with E-state index in [0.717, 1.165) is 26.3 Å². The van der Waals surface area contributed by atoms with Crippen molar-refractivity contribution < 1.29 is 4.74 Å². The molecule has 1 saturated heterocycles. The van der Waals surface area contributed by atoms with Crippen LogP contribution in [0.25, 0.3) is 0 Å². The number of hydrogen-bond acceptors (Lipinski definition) is 3. The standard InChI is InChI=1S/C15H32N2O/c1-3-5-6-7-8-9-15(12-16)17-10-11-18-13-14(17)4-2/h14-15H,3-13,16H2,1-2H3. The molecule has 0 amide bonds. The fourth-order valence-electron chi connectivity index (χ4n) is 2.90. The third-order valence-electron chi connectivity index (χ3n) is 4.13. The zero-order valence-corrected chi connectivity index (χ0v) is 12.4. The third kappa shape index (κ3) is 5.25. The molecule has 108 valence electrons. The second-order valence-electron chi connectivity index (χ2n) is 5.47. The first-order valence-corrected chi connectivity index (χ1v) is 7.87. The summed E-state index contributed by atoms with van der Waals surface area (Å²) in [4.78, 5) is 2.60. The Morgan fingerprint density at radius 2 is 2.00 bits per heavy atom. The number of unbranched alkanes of at least 4 members (excludes halogenated alkanes) is 4. The van der Waals surface area contributed by atoms with Crippen LogP contribution in [0, 0.1) is 0 Å². The summed E-state index contributed by atoms with van der Waals surface area (Å²) >= 11 is 0. The van der Waals surface area contributed by atoms with Crippen LogP contribution in [-0.4, -0.2) is 43.3 Å². The zero-order chi connectivity index (χ0) is 13.2. The van der Waals surface area contributed by atoms with Gasteiger partial charge in [-0.15, -0.1) is 0 Å². The van der Waals surface area contributed by atoms with Crippen molar-refractivity contribution in [1.29, 1.82) is 0 Å². The summed E-state index contributed by atoms with van der Waals surface area (Å²) < 4.78 is 5.57. The molecule has 0 spiro atoms. The molecule has 18 heavy (non-hydrogen) atoms. The molecule has 2 atom stereocenters. The van der Waals surface area contributed by atoms with E-state index in [1.165, 1.54) is 44.9 Å². The van der Waals surface area contributed by atoms with Crippen LogP contribution in [0.15, 0.2) is 0 Å². The van der Waals surface area contributed by atoms with Crippen molar-refractivity contribution in [2.75, 3.05) is 26.3 Å². The summed E-state index contributed by atoms with van der Waals surface area (Å²) in [5.74, 6) is 0. The molecule has 2 unspecified atom stereocenters. The maximum atomic E-state index is 5.98. The molecule has 1 heterocycles. The van der Waals surface area contributed by atoms with Crippen LogP contribution in [0.5, 0.6) is 0 Å². The van der Waals surface area contributed by atoms with Gasteiger partial charge in [0.1, 0.15) is 0 Å². The molecular formula is C15H32N2O. The zero-order valence-electron chi connectivity index (χ0n) is 12.4. The normalized spacial score (nSPS) is 23.2. The van der Waals surface area contributed by atoms with Gasteiger partial charge < -0.3 is 10.5 Å². The third-order valence-corrected chi connectivity index (χ3v) is 4.13. The number of hydrogen-bond donors (Lipinski definition) is 1. The SMILES string of the molecule is CCCCCCCC(CN)N1CCOCC1CC. The number of ether oxygens (including phenoxy) is 1. The summed E-state index contributed by atoms with van der Waals surface area (Å²) in [6.45, 7) is 8.15. The molecule has 0 aromatic heterocycles. The monoisotopic (exact) mass is 256 g/mol. The fourth-order valence-corrected chi connectivity index (χ4v) is 2.90. The predicted octanol–water partition coefficient (Wildman–Crippen LogP) is 2.79. The Kier molecular flexibility index (Phi) is 8.64. The summed E-state index contributed by atoms with van der Waals surface area (Å²) in [6, 6.07) is 1.16. The Labute approximate surface area is 113 Å². The van der Waals surface area contributed by atoms with Gasteiger partial charge in [-0.05, 0) is 12.8 Å². The molecule has 2 N–H and O–H groups in total. The van der Waals surface area contributed by atoms with Gasteiger partial charge in [0, 0.05) is 25.2 Å². The van der Waals surface area contributed by atoms with Crippen LogP contribution in [0.1, 0.15) is 58.8 Å². The summed E-state index contributed by atoms with van der Waals surface area (Å²) in [6.07, 6.45) is 9.21. The highest BCUT2D eigenvalue weighted by molar-refractivity contribution is 4.81. The van der Waals surface area contributed by atoms with Crippen molar-refractivity contribution in [2.45, 2.75) is 70.9 Å². The largest absolute Gasteiger partial charge is 0.378 e. The maximum Gasteiger partial charge on any atom is 0.0622 e. The van der Waals surface area contributed by atoms with Crippen LogP contribution in [0.2, 0.25) is 0 Å². The van der Waals surface area contributed by atoms with E-state index in [-0.39, 0.29) is 0 Å². The molecule has 1 fully saturated rings. The van der Waals surface area contributed by atoms with E-state index >= 15 is 0 Å². The van der Waals surface area contributed by atoms with Crippen molar-refractivity contribution in [3.8, 4) is 0 Å². The van der Waals surface area contributed by atoms with E-state index in [9.17, 15) is 0 Å². The molecule has 0 aliphatic carbocycles. The Hall–Kier alpha value is -0.120. The lowest BCUT2D eigenvalue weighted by Gasteiger charge is -2.40. The van der Waals surface area contributed by atoms with Gasteiger partial charge in [-0.3, -0.25) is 4.90 Å². The second kappa shape index (κ2) is 9.76. The molecule has 0 saturated carbocycles. The van der Waals surface area contributed by atoms with Gasteiger partial charge in [-0.25, -0.2) is 0 Å². The minimum Gasteiger partial charge on any atom is -0.378 e. The molecule has 1 aliphatic rings. The van der Waals surface area contributed by atoms with E-state index in [4.69, 9.17) is 10.5 Å². The van der Waals surface area contributed by atoms with E-state index < -0.39 is 0 Å². The first-order chi connectivity index (χ1) is 8.83. The van der Waals surface area contributed by atoms with Crippen molar-refractivity contribution >= 4 is 0 Å². The summed E-state index contributed by atoms with van der Waals surface area (Å²) in [7, 11) is 0. The molecular weight excluding hydrogens is 224 g/mol. The van der Waals surface area contributed by atoms with Crippen LogP contribution < -0.4 is 5.73 Å². The quantitative estimate of drug-likeness (QED) is 0.645. The average molecular weight is 256 g/mol. The average Bonchev–Trinajstić information content (AvgIpc) is 2.43. The molecule has 0 bridgehead atoms. The lowest BCUT2D eigenvalue weighted by Crippen LogP contribution is -2.52. The first kappa shape index (κ1) is 15.9. The highest BCUT2D eigenvalue weighted by Gasteiger charge is 2.26. The topological polar surface area (TPSA) is 38.5 Å². The van der Waals surface area contributed by atoms with E-state index in [1.807, 2.05) is 0 Å². The van der Waals surface area contributed by atoms with Gasteiger partial charge in [-0.1, -0.05) is 46.0 Å². The summed E-state index contributed by atoms with van der Waals surface area (Å²) in [5.41, 5.74) is 5.98. The molecule has 0 aromatic rings. The molecule has 1 rings (SSSR count). The molecule has 3 nitrogen and oxygen atoms in total. The van der Waals surface area contributed by atoms with E-state index in [1.54, 1.807) is 0 Å². The Morgan fingerprint density at radius 3 is 2.67 bits per heavy atom. The minimum atomic E-state index is 0.570. The van der Waals surface area contributed by atoms with Crippen LogP contribution in [0.4, 0.5) is 0 Å². The smallest absolute Gasteiger partial charge is 0.0622 e. The molecule has 0 aromatic carbocycles. The number of nitrogens with zero attached hydrogens (tertiary/aromatic N) is 1. The Bertz CT molecular complexity index is 199. The van der Waals surface area contributed by atoms with Crippen molar-refractivity contribution in [1.82, 2.24) is 4.90 Å². The highest BCUT2D eigenvalue weighted by atomic mass is 16.5. The second-order valence-corrected chi connectivity index (χ2v) is 5.47. The van der Waals surface area contributed by atoms with Crippen molar-refractivity contribution in [3.63, 3.8) is 0 Å². The first-order valence-electron chi connectivity index (χ1n) is 7.87. The summed E-state index contributed by atoms with van der Waals surface area (Å²) in [5, 5.41) is 0. The molecule has 3 heteroatoms. The van der Waals surface area contributed by atoms with Crippen molar-refractivity contribution in [2.24, 2.45) is 5.73 Å². The maximum absolute atomic E-state index is 5.98.